The van der Waals surface area contributed by atoms with Crippen LogP contribution >= 0.6 is 12.4 Å². The quantitative estimate of drug-likeness (QED) is 0.742. The Labute approximate surface area is 148 Å². The average Bonchev–Trinajstić information content (AvgIpc) is 2.80. The van der Waals surface area contributed by atoms with Crippen molar-refractivity contribution in [3.05, 3.63) is 11.3 Å². The van der Waals surface area contributed by atoms with Crippen molar-refractivity contribution in [2.45, 2.75) is 26.3 Å². The summed E-state index contributed by atoms with van der Waals surface area (Å²) < 4.78 is 7.01. The van der Waals surface area contributed by atoms with Crippen molar-refractivity contribution < 1.29 is 14.3 Å². The summed E-state index contributed by atoms with van der Waals surface area (Å²) >= 11 is 0. The molecule has 1 aromatic heterocycles. The second-order valence-corrected chi connectivity index (χ2v) is 5.86. The number of rotatable bonds is 6. The van der Waals surface area contributed by atoms with Crippen molar-refractivity contribution in [3.8, 4) is 5.88 Å². The van der Waals surface area contributed by atoms with E-state index in [9.17, 15) is 9.59 Å². The zero-order valence-electron chi connectivity index (χ0n) is 14.4. The largest absolute Gasteiger partial charge is 0.481 e. The first-order valence-corrected chi connectivity index (χ1v) is 7.78. The number of hydrogen-bond acceptors (Lipinski definition) is 5. The van der Waals surface area contributed by atoms with Gasteiger partial charge >= 0.3 is 0 Å². The van der Waals surface area contributed by atoms with E-state index >= 15 is 0 Å². The molecule has 0 atom stereocenters. The maximum atomic E-state index is 12.2. The molecule has 1 saturated heterocycles. The fraction of sp³-hybridized carbons (Fsp3) is 0.667. The third-order valence-corrected chi connectivity index (χ3v) is 4.31. The number of nitrogens with one attached hydrogen (secondary N) is 1. The molecular formula is C15H26ClN5O3. The van der Waals surface area contributed by atoms with Crippen molar-refractivity contribution >= 4 is 24.2 Å². The van der Waals surface area contributed by atoms with E-state index in [0.717, 1.165) is 11.3 Å². The summed E-state index contributed by atoms with van der Waals surface area (Å²) in [6.45, 7) is 3.85. The normalized spacial score (nSPS) is 15.0. The van der Waals surface area contributed by atoms with Crippen LogP contribution in [0, 0.1) is 12.8 Å². The Hall–Kier alpha value is -1.80. The highest BCUT2D eigenvalue weighted by molar-refractivity contribution is 5.85. The highest BCUT2D eigenvalue weighted by Gasteiger charge is 2.25. The molecule has 0 saturated carbocycles. The second kappa shape index (κ2) is 8.89. The summed E-state index contributed by atoms with van der Waals surface area (Å²) in [5, 5.41) is 7.45. The van der Waals surface area contributed by atoms with Crippen LogP contribution in [0.15, 0.2) is 0 Å². The molecule has 1 aliphatic heterocycles. The lowest BCUT2D eigenvalue weighted by atomic mass is 9.96. The standard InChI is InChI=1S/C15H25N5O3.ClH/c1-10-12(15(23-3)19(2)18-10)8-17-9-13(21)20-6-4-11(5-7-20)14(16)22;/h11,17H,4-9H2,1-3H3,(H2,16,22);1H. The smallest absolute Gasteiger partial charge is 0.236 e. The number of aryl methyl sites for hydroxylation is 2. The summed E-state index contributed by atoms with van der Waals surface area (Å²) in [5.41, 5.74) is 7.14. The number of hydrogen-bond donors (Lipinski definition) is 2. The average molecular weight is 360 g/mol. The number of aromatic nitrogens is 2. The molecule has 0 aliphatic carbocycles. The van der Waals surface area contributed by atoms with Gasteiger partial charge in [-0.1, -0.05) is 0 Å². The molecule has 24 heavy (non-hydrogen) atoms. The fourth-order valence-electron chi connectivity index (χ4n) is 2.96. The lowest BCUT2D eigenvalue weighted by Crippen LogP contribution is -2.44. The first-order chi connectivity index (χ1) is 10.9. The number of likely N-dealkylation sites (tertiary alicyclic amines) is 1. The Morgan fingerprint density at radius 1 is 1.38 bits per heavy atom. The number of carbonyl (C=O) groups excluding carboxylic acids is 2. The molecule has 136 valence electrons. The van der Waals surface area contributed by atoms with E-state index in [-0.39, 0.29) is 36.7 Å². The van der Waals surface area contributed by atoms with E-state index in [1.54, 1.807) is 16.7 Å². The number of nitrogens with two attached hydrogens (primary N) is 1. The van der Waals surface area contributed by atoms with Gasteiger partial charge in [0, 0.05) is 32.6 Å². The number of ether oxygens (including phenoxy) is 1. The first kappa shape index (κ1) is 20.2. The molecule has 3 N–H and O–H groups in total. The van der Waals surface area contributed by atoms with Crippen LogP contribution in [-0.2, 0) is 23.2 Å². The zero-order chi connectivity index (χ0) is 17.0. The van der Waals surface area contributed by atoms with E-state index in [1.807, 2.05) is 14.0 Å². The van der Waals surface area contributed by atoms with Gasteiger partial charge in [0.2, 0.25) is 17.7 Å². The van der Waals surface area contributed by atoms with Crippen LogP contribution in [0.25, 0.3) is 0 Å². The van der Waals surface area contributed by atoms with Gasteiger partial charge in [-0.15, -0.1) is 12.4 Å². The topological polar surface area (TPSA) is 102 Å². The second-order valence-electron chi connectivity index (χ2n) is 5.86. The van der Waals surface area contributed by atoms with Gasteiger partial charge in [-0.05, 0) is 19.8 Å². The van der Waals surface area contributed by atoms with E-state index < -0.39 is 0 Å². The molecule has 0 bridgehead atoms. The summed E-state index contributed by atoms with van der Waals surface area (Å²) in [7, 11) is 3.43. The Bertz CT molecular complexity index is 582. The van der Waals surface area contributed by atoms with E-state index in [2.05, 4.69) is 10.4 Å². The first-order valence-electron chi connectivity index (χ1n) is 7.78. The van der Waals surface area contributed by atoms with Crippen molar-refractivity contribution in [2.24, 2.45) is 18.7 Å². The van der Waals surface area contributed by atoms with E-state index in [4.69, 9.17) is 10.5 Å². The van der Waals surface area contributed by atoms with Crippen LogP contribution in [-0.4, -0.2) is 53.2 Å². The summed E-state index contributed by atoms with van der Waals surface area (Å²) in [5.74, 6) is 0.363. The van der Waals surface area contributed by atoms with Gasteiger partial charge in [0.25, 0.3) is 0 Å². The molecule has 1 aliphatic rings. The minimum absolute atomic E-state index is 0. The summed E-state index contributed by atoms with van der Waals surface area (Å²) in [6.07, 6.45) is 1.30. The minimum atomic E-state index is -0.269. The van der Waals surface area contributed by atoms with Gasteiger partial charge in [0.15, 0.2) is 0 Å². The Morgan fingerprint density at radius 3 is 2.54 bits per heavy atom. The third kappa shape index (κ3) is 4.61. The number of amides is 2. The van der Waals surface area contributed by atoms with Crippen molar-refractivity contribution in [1.82, 2.24) is 20.0 Å². The molecule has 2 amide bonds. The highest BCUT2D eigenvalue weighted by atomic mass is 35.5. The Morgan fingerprint density at radius 2 is 2.00 bits per heavy atom. The van der Waals surface area contributed by atoms with Crippen molar-refractivity contribution in [3.63, 3.8) is 0 Å². The number of halogens is 1. The fourth-order valence-corrected chi connectivity index (χ4v) is 2.96. The molecule has 0 radical (unpaired) electrons. The van der Waals surface area contributed by atoms with Crippen LogP contribution in [0.1, 0.15) is 24.1 Å². The van der Waals surface area contributed by atoms with Crippen LogP contribution in [0.5, 0.6) is 5.88 Å². The van der Waals surface area contributed by atoms with Crippen LogP contribution in [0.4, 0.5) is 0 Å². The monoisotopic (exact) mass is 359 g/mol. The van der Waals surface area contributed by atoms with E-state index in [0.29, 0.717) is 38.4 Å². The van der Waals surface area contributed by atoms with Crippen LogP contribution in [0.2, 0.25) is 0 Å². The molecule has 0 aromatic carbocycles. The van der Waals surface area contributed by atoms with Gasteiger partial charge in [-0.3, -0.25) is 9.59 Å². The predicted octanol–water partition coefficient (Wildman–Crippen LogP) is -0.0276. The van der Waals surface area contributed by atoms with Crippen molar-refractivity contribution in [2.75, 3.05) is 26.7 Å². The SMILES string of the molecule is COc1c(CNCC(=O)N2CCC(C(N)=O)CC2)c(C)nn1C.Cl. The molecule has 1 aromatic rings. The molecule has 0 spiro atoms. The highest BCUT2D eigenvalue weighted by Crippen LogP contribution is 2.20. The Kier molecular flexibility index (Phi) is 7.50. The van der Waals surface area contributed by atoms with Gasteiger partial charge in [-0.2, -0.15) is 5.10 Å². The number of carbonyl (C=O) groups is 2. The van der Waals surface area contributed by atoms with Gasteiger partial charge in [0.05, 0.1) is 24.9 Å². The van der Waals surface area contributed by atoms with Crippen molar-refractivity contribution in [1.29, 1.82) is 0 Å². The predicted molar refractivity (Wildman–Crippen MR) is 92.0 cm³/mol. The van der Waals surface area contributed by atoms with Crippen LogP contribution < -0.4 is 15.8 Å². The van der Waals surface area contributed by atoms with Crippen LogP contribution in [0.3, 0.4) is 0 Å². The number of methoxy groups -OCH3 is 1. The maximum Gasteiger partial charge on any atom is 0.236 e. The molecule has 9 heteroatoms. The van der Waals surface area contributed by atoms with E-state index in [1.165, 1.54) is 0 Å². The molecule has 2 heterocycles. The zero-order valence-corrected chi connectivity index (χ0v) is 15.2. The van der Waals surface area contributed by atoms with Gasteiger partial charge in [-0.25, -0.2) is 4.68 Å². The minimum Gasteiger partial charge on any atom is -0.481 e. The molecule has 8 nitrogen and oxygen atoms in total. The van der Waals surface area contributed by atoms with Gasteiger partial charge in [0.1, 0.15) is 0 Å². The molecule has 1 fully saturated rings. The lowest BCUT2D eigenvalue weighted by molar-refractivity contribution is -0.134. The molecule has 0 unspecified atom stereocenters. The maximum absolute atomic E-state index is 12.2. The Balaban J connectivity index is 0.00000288. The number of nitrogens with zero attached hydrogens (tertiary/aromatic N) is 3. The summed E-state index contributed by atoms with van der Waals surface area (Å²) in [4.78, 5) is 25.1. The van der Waals surface area contributed by atoms with Gasteiger partial charge < -0.3 is 20.7 Å². The molecular weight excluding hydrogens is 334 g/mol. The lowest BCUT2D eigenvalue weighted by Gasteiger charge is -2.30. The molecule has 2 rings (SSSR count). The number of primary amides is 1. The third-order valence-electron chi connectivity index (χ3n) is 4.31. The summed E-state index contributed by atoms with van der Waals surface area (Å²) in [6, 6.07) is 0. The number of piperidine rings is 1.